The minimum atomic E-state index is 0.406. The lowest BCUT2D eigenvalue weighted by molar-refractivity contribution is -0.111. The average Bonchev–Trinajstić information content (AvgIpc) is 3.33. The zero-order valence-electron chi connectivity index (χ0n) is 23.4. The average molecular weight is 511 g/mol. The Balaban J connectivity index is 0.000000241. The van der Waals surface area contributed by atoms with E-state index in [0.717, 1.165) is 42.9 Å². The third-order valence-corrected chi connectivity index (χ3v) is 7.41. The first-order chi connectivity index (χ1) is 17.2. The lowest BCUT2D eigenvalue weighted by Gasteiger charge is -2.14. The van der Waals surface area contributed by atoms with Crippen LogP contribution < -0.4 is 0 Å². The molecule has 36 heavy (non-hydrogen) atoms. The molecule has 2 aliphatic rings. The lowest BCUT2D eigenvalue weighted by atomic mass is 9.91. The molecule has 1 heterocycles. The Labute approximate surface area is 225 Å². The number of hydrogen-bond acceptors (Lipinski definition) is 3. The number of nitriles is 1. The first-order valence-electron chi connectivity index (χ1n) is 13.6. The summed E-state index contributed by atoms with van der Waals surface area (Å²) in [7, 11) is 2.21. The molecule has 0 amide bonds. The second-order valence-corrected chi connectivity index (χ2v) is 10.9. The van der Waals surface area contributed by atoms with E-state index in [-0.39, 0.29) is 0 Å². The number of halogens is 1. The lowest BCUT2D eigenvalue weighted by Crippen LogP contribution is -2.16. The van der Waals surface area contributed by atoms with Crippen molar-refractivity contribution >= 4 is 17.9 Å². The molecular formula is C32H47ClN2O. The van der Waals surface area contributed by atoms with Crippen LogP contribution in [0.25, 0.3) is 0 Å². The zero-order valence-corrected chi connectivity index (χ0v) is 24.2. The number of likely N-dealkylation sites (tertiary alicyclic amines) is 1. The zero-order chi connectivity index (χ0) is 26.9. The van der Waals surface area contributed by atoms with Gasteiger partial charge in [-0.25, -0.2) is 0 Å². The molecule has 0 bridgehead atoms. The summed E-state index contributed by atoms with van der Waals surface area (Å²) in [6.07, 6.45) is 9.82. The van der Waals surface area contributed by atoms with Crippen molar-refractivity contribution < 1.29 is 4.79 Å². The van der Waals surface area contributed by atoms with E-state index in [9.17, 15) is 4.79 Å². The van der Waals surface area contributed by atoms with Crippen LogP contribution in [-0.2, 0) is 11.2 Å². The predicted molar refractivity (Wildman–Crippen MR) is 155 cm³/mol. The SMILES string of the molecule is CC(C)C1CCN(C)C1.CCc1ccccc1C.Cc1ccc(C#N)c(Cl)c1.O=CC1CCCCC1. The van der Waals surface area contributed by atoms with Crippen LogP contribution in [0.3, 0.4) is 0 Å². The molecule has 198 valence electrons. The molecule has 2 fully saturated rings. The highest BCUT2D eigenvalue weighted by atomic mass is 35.5. The summed E-state index contributed by atoms with van der Waals surface area (Å²) in [6, 6.07) is 15.8. The Bertz CT molecular complexity index is 928. The molecule has 1 atom stereocenters. The van der Waals surface area contributed by atoms with Crippen LogP contribution in [0.4, 0.5) is 0 Å². The van der Waals surface area contributed by atoms with Gasteiger partial charge in [-0.3, -0.25) is 0 Å². The van der Waals surface area contributed by atoms with Gasteiger partial charge in [-0.1, -0.05) is 82.0 Å². The molecule has 1 aliphatic heterocycles. The molecule has 3 nitrogen and oxygen atoms in total. The maximum Gasteiger partial charge on any atom is 0.123 e. The molecule has 1 aliphatic carbocycles. The van der Waals surface area contributed by atoms with E-state index in [4.69, 9.17) is 16.9 Å². The molecule has 2 aromatic rings. The smallest absolute Gasteiger partial charge is 0.123 e. The second-order valence-electron chi connectivity index (χ2n) is 10.5. The molecule has 1 unspecified atom stereocenters. The standard InChI is InChI=1S/C9H12.C8H6ClN.C8H17N.C7H12O/c1-3-9-7-5-4-6-8(9)2;1-6-2-3-7(5-10)8(9)4-6;1-7(2)8-4-5-9(3)6-8;8-6-7-4-2-1-3-5-7/h4-7H,3H2,1-2H3;2-4H,1H3;7-8H,4-6H2,1-3H3;6-7H,1-5H2. The van der Waals surface area contributed by atoms with Gasteiger partial charge >= 0.3 is 0 Å². The maximum absolute atomic E-state index is 10.2. The minimum Gasteiger partial charge on any atom is -0.306 e. The highest BCUT2D eigenvalue weighted by Gasteiger charge is 2.21. The summed E-state index contributed by atoms with van der Waals surface area (Å²) < 4.78 is 0. The number of rotatable bonds is 3. The summed E-state index contributed by atoms with van der Waals surface area (Å²) in [5.74, 6) is 2.26. The summed E-state index contributed by atoms with van der Waals surface area (Å²) in [6.45, 7) is 13.5. The van der Waals surface area contributed by atoms with Crippen molar-refractivity contribution in [3.63, 3.8) is 0 Å². The van der Waals surface area contributed by atoms with Crippen molar-refractivity contribution in [2.45, 2.75) is 79.6 Å². The van der Waals surface area contributed by atoms with E-state index in [0.29, 0.717) is 16.5 Å². The first kappa shape index (κ1) is 31.9. The van der Waals surface area contributed by atoms with Gasteiger partial charge in [0.25, 0.3) is 0 Å². The predicted octanol–water partition coefficient (Wildman–Crippen LogP) is 8.44. The van der Waals surface area contributed by atoms with Gasteiger partial charge in [-0.2, -0.15) is 5.26 Å². The summed E-state index contributed by atoms with van der Waals surface area (Å²) in [5, 5.41) is 9.00. The van der Waals surface area contributed by atoms with E-state index in [1.807, 2.05) is 19.1 Å². The Morgan fingerprint density at radius 1 is 1.08 bits per heavy atom. The number of hydrogen-bond donors (Lipinski definition) is 0. The van der Waals surface area contributed by atoms with Crippen molar-refractivity contribution in [2.75, 3.05) is 20.1 Å². The second kappa shape index (κ2) is 18.1. The number of carbonyl (C=O) groups is 1. The number of nitrogens with zero attached hydrogens (tertiary/aromatic N) is 2. The van der Waals surface area contributed by atoms with Crippen molar-refractivity contribution in [2.24, 2.45) is 17.8 Å². The normalized spacial score (nSPS) is 17.5. The highest BCUT2D eigenvalue weighted by Crippen LogP contribution is 2.22. The fourth-order valence-electron chi connectivity index (χ4n) is 4.50. The Kier molecular flexibility index (Phi) is 16.1. The van der Waals surface area contributed by atoms with Crippen molar-refractivity contribution in [1.29, 1.82) is 5.26 Å². The molecule has 1 saturated heterocycles. The van der Waals surface area contributed by atoms with Gasteiger partial charge in [0.2, 0.25) is 0 Å². The van der Waals surface area contributed by atoms with Gasteiger partial charge in [-0.15, -0.1) is 0 Å². The fraction of sp³-hybridized carbons (Fsp3) is 0.562. The van der Waals surface area contributed by atoms with E-state index >= 15 is 0 Å². The highest BCUT2D eigenvalue weighted by molar-refractivity contribution is 6.31. The molecule has 1 saturated carbocycles. The number of benzene rings is 2. The van der Waals surface area contributed by atoms with Crippen LogP contribution in [0.2, 0.25) is 5.02 Å². The van der Waals surface area contributed by atoms with Crippen LogP contribution in [-0.4, -0.2) is 31.3 Å². The largest absolute Gasteiger partial charge is 0.306 e. The maximum atomic E-state index is 10.2. The van der Waals surface area contributed by atoms with E-state index in [1.165, 1.54) is 49.9 Å². The number of aldehydes is 1. The number of carbonyl (C=O) groups excluding carboxylic acids is 1. The topological polar surface area (TPSA) is 44.1 Å². The summed E-state index contributed by atoms with van der Waals surface area (Å²) in [4.78, 5) is 12.6. The van der Waals surface area contributed by atoms with Gasteiger partial charge < -0.3 is 9.69 Å². The van der Waals surface area contributed by atoms with Gasteiger partial charge in [0.1, 0.15) is 12.4 Å². The van der Waals surface area contributed by atoms with E-state index < -0.39 is 0 Å². The van der Waals surface area contributed by atoms with Crippen LogP contribution in [0, 0.1) is 42.9 Å². The molecule has 0 aromatic heterocycles. The molecule has 0 N–H and O–H groups in total. The molecule has 4 rings (SSSR count). The van der Waals surface area contributed by atoms with E-state index in [1.54, 1.807) is 12.1 Å². The van der Waals surface area contributed by atoms with Crippen molar-refractivity contribution in [3.05, 3.63) is 69.7 Å². The molecule has 4 heteroatoms. The van der Waals surface area contributed by atoms with Gasteiger partial charge in [0.15, 0.2) is 0 Å². The summed E-state index contributed by atoms with van der Waals surface area (Å²) in [5.41, 5.74) is 4.47. The van der Waals surface area contributed by atoms with Gasteiger partial charge in [0, 0.05) is 12.5 Å². The minimum absolute atomic E-state index is 0.406. The third-order valence-electron chi connectivity index (χ3n) is 7.10. The van der Waals surface area contributed by atoms with Crippen LogP contribution in [0.5, 0.6) is 0 Å². The summed E-state index contributed by atoms with van der Waals surface area (Å²) >= 11 is 5.71. The van der Waals surface area contributed by atoms with Crippen LogP contribution >= 0.6 is 11.6 Å². The van der Waals surface area contributed by atoms with Crippen molar-refractivity contribution in [1.82, 2.24) is 4.90 Å². The van der Waals surface area contributed by atoms with E-state index in [2.05, 4.69) is 63.9 Å². The van der Waals surface area contributed by atoms with Crippen molar-refractivity contribution in [3.8, 4) is 6.07 Å². The molecule has 0 spiro atoms. The Hall–Kier alpha value is -2.15. The molecule has 2 aromatic carbocycles. The quantitative estimate of drug-likeness (QED) is 0.389. The molecule has 0 radical (unpaired) electrons. The Morgan fingerprint density at radius 2 is 1.75 bits per heavy atom. The fourth-order valence-corrected chi connectivity index (χ4v) is 4.78. The third kappa shape index (κ3) is 12.7. The van der Waals surface area contributed by atoms with Gasteiger partial charge in [-0.05, 0) is 93.8 Å². The number of aryl methyl sites for hydroxylation is 3. The van der Waals surface area contributed by atoms with Crippen LogP contribution in [0.1, 0.15) is 81.5 Å². The first-order valence-corrected chi connectivity index (χ1v) is 13.9. The molecular weight excluding hydrogens is 464 g/mol. The van der Waals surface area contributed by atoms with Gasteiger partial charge in [0.05, 0.1) is 10.6 Å². The van der Waals surface area contributed by atoms with Crippen LogP contribution in [0.15, 0.2) is 42.5 Å². The Morgan fingerprint density at radius 3 is 2.14 bits per heavy atom. The monoisotopic (exact) mass is 510 g/mol.